The Hall–Kier alpha value is -1.64. The normalized spacial score (nSPS) is 11.0. The van der Waals surface area contributed by atoms with E-state index in [2.05, 4.69) is 62.4 Å². The number of aryl methyl sites for hydroxylation is 1. The molecular formula is C24H34O2. The van der Waals surface area contributed by atoms with Gasteiger partial charge in [-0.1, -0.05) is 94.3 Å². The number of hydrogen-bond acceptors (Lipinski definition) is 2. The lowest BCUT2D eigenvalue weighted by molar-refractivity contribution is -0.304. The highest BCUT2D eigenvalue weighted by Gasteiger charge is 2.02. The molecule has 0 aliphatic heterocycles. The van der Waals surface area contributed by atoms with Crippen molar-refractivity contribution in [1.29, 1.82) is 0 Å². The van der Waals surface area contributed by atoms with E-state index < -0.39 is 0 Å². The molecule has 0 spiro atoms. The lowest BCUT2D eigenvalue weighted by Gasteiger charge is -2.09. The van der Waals surface area contributed by atoms with Crippen molar-refractivity contribution in [3.05, 3.63) is 59.7 Å². The fourth-order valence-electron chi connectivity index (χ4n) is 3.19. The van der Waals surface area contributed by atoms with Crippen molar-refractivity contribution in [2.45, 2.75) is 71.8 Å². The van der Waals surface area contributed by atoms with Crippen LogP contribution in [0.25, 0.3) is 11.1 Å². The van der Waals surface area contributed by atoms with Crippen LogP contribution >= 0.6 is 0 Å². The summed E-state index contributed by atoms with van der Waals surface area (Å²) in [5.41, 5.74) is 4.93. The Kier molecular flexibility index (Phi) is 10.1. The lowest BCUT2D eigenvalue weighted by atomic mass is 9.99. The molecule has 2 aromatic carbocycles. The van der Waals surface area contributed by atoms with Crippen LogP contribution in [0.3, 0.4) is 0 Å². The van der Waals surface area contributed by atoms with Crippen molar-refractivity contribution in [3.8, 4) is 11.1 Å². The van der Waals surface area contributed by atoms with Crippen LogP contribution in [0.1, 0.15) is 69.4 Å². The SMILES string of the molecule is CCCCCCCCCCOOCc1cccc(-c2ccccc2C)c1. The molecular weight excluding hydrogens is 320 g/mol. The third kappa shape index (κ3) is 7.72. The van der Waals surface area contributed by atoms with E-state index in [1.165, 1.54) is 61.6 Å². The maximum Gasteiger partial charge on any atom is 0.107 e. The van der Waals surface area contributed by atoms with E-state index in [4.69, 9.17) is 9.78 Å². The van der Waals surface area contributed by atoms with Gasteiger partial charge in [-0.25, -0.2) is 9.78 Å². The van der Waals surface area contributed by atoms with E-state index in [0.717, 1.165) is 12.0 Å². The Labute approximate surface area is 159 Å². The van der Waals surface area contributed by atoms with E-state index in [1.807, 2.05) is 0 Å². The van der Waals surface area contributed by atoms with Gasteiger partial charge in [0.2, 0.25) is 0 Å². The topological polar surface area (TPSA) is 18.5 Å². The van der Waals surface area contributed by atoms with Crippen molar-refractivity contribution in [2.24, 2.45) is 0 Å². The Morgan fingerprint density at radius 1 is 0.731 bits per heavy atom. The summed E-state index contributed by atoms with van der Waals surface area (Å²) in [6.45, 7) is 5.59. The van der Waals surface area contributed by atoms with Gasteiger partial charge in [-0.2, -0.15) is 0 Å². The van der Waals surface area contributed by atoms with E-state index in [0.29, 0.717) is 13.2 Å². The van der Waals surface area contributed by atoms with E-state index in [-0.39, 0.29) is 0 Å². The van der Waals surface area contributed by atoms with Gasteiger partial charge >= 0.3 is 0 Å². The first kappa shape index (κ1) is 20.7. The summed E-state index contributed by atoms with van der Waals surface area (Å²) in [5, 5.41) is 0. The third-order valence-electron chi connectivity index (χ3n) is 4.77. The molecule has 0 heterocycles. The first-order valence-corrected chi connectivity index (χ1v) is 10.2. The van der Waals surface area contributed by atoms with Gasteiger partial charge in [0, 0.05) is 0 Å². The second-order valence-electron chi connectivity index (χ2n) is 7.07. The highest BCUT2D eigenvalue weighted by Crippen LogP contribution is 2.24. The molecule has 0 unspecified atom stereocenters. The average molecular weight is 355 g/mol. The molecule has 0 N–H and O–H groups in total. The molecule has 2 heteroatoms. The lowest BCUT2D eigenvalue weighted by Crippen LogP contribution is -1.98. The van der Waals surface area contributed by atoms with Gasteiger partial charge in [-0.15, -0.1) is 0 Å². The fourth-order valence-corrected chi connectivity index (χ4v) is 3.19. The fraction of sp³-hybridized carbons (Fsp3) is 0.500. The first-order valence-electron chi connectivity index (χ1n) is 10.2. The molecule has 2 nitrogen and oxygen atoms in total. The highest BCUT2D eigenvalue weighted by atomic mass is 17.2. The van der Waals surface area contributed by atoms with E-state index in [9.17, 15) is 0 Å². The van der Waals surface area contributed by atoms with Gasteiger partial charge in [-0.05, 0) is 41.7 Å². The largest absolute Gasteiger partial charge is 0.236 e. The van der Waals surface area contributed by atoms with E-state index in [1.54, 1.807) is 0 Å². The molecule has 0 saturated carbocycles. The Morgan fingerprint density at radius 2 is 1.46 bits per heavy atom. The molecule has 0 aliphatic carbocycles. The van der Waals surface area contributed by atoms with Crippen LogP contribution in [0.2, 0.25) is 0 Å². The monoisotopic (exact) mass is 354 g/mol. The zero-order valence-corrected chi connectivity index (χ0v) is 16.5. The molecule has 2 rings (SSSR count). The zero-order chi connectivity index (χ0) is 18.5. The molecule has 0 aliphatic rings. The predicted octanol–water partition coefficient (Wildman–Crippen LogP) is 7.25. The van der Waals surface area contributed by atoms with Crippen LogP contribution < -0.4 is 0 Å². The second-order valence-corrected chi connectivity index (χ2v) is 7.07. The van der Waals surface area contributed by atoms with Crippen molar-refractivity contribution in [2.75, 3.05) is 6.61 Å². The van der Waals surface area contributed by atoms with Gasteiger partial charge in [0.15, 0.2) is 0 Å². The van der Waals surface area contributed by atoms with E-state index >= 15 is 0 Å². The molecule has 0 amide bonds. The van der Waals surface area contributed by atoms with Gasteiger partial charge in [-0.3, -0.25) is 0 Å². The average Bonchev–Trinajstić information content (AvgIpc) is 2.67. The molecule has 0 saturated heterocycles. The first-order chi connectivity index (χ1) is 12.8. The Bertz CT molecular complexity index is 621. The summed E-state index contributed by atoms with van der Waals surface area (Å²) in [5.74, 6) is 0. The summed E-state index contributed by atoms with van der Waals surface area (Å²) in [6, 6.07) is 17.0. The van der Waals surface area contributed by atoms with Crippen LogP contribution in [-0.4, -0.2) is 6.61 Å². The van der Waals surface area contributed by atoms with Crippen LogP contribution in [0, 0.1) is 6.92 Å². The van der Waals surface area contributed by atoms with Crippen LogP contribution in [0.15, 0.2) is 48.5 Å². The summed E-state index contributed by atoms with van der Waals surface area (Å²) >= 11 is 0. The maximum atomic E-state index is 5.40. The van der Waals surface area contributed by atoms with Gasteiger partial charge in [0.05, 0.1) is 6.61 Å². The van der Waals surface area contributed by atoms with Crippen LogP contribution in [0.5, 0.6) is 0 Å². The second kappa shape index (κ2) is 12.7. The van der Waals surface area contributed by atoms with Crippen LogP contribution in [0.4, 0.5) is 0 Å². The maximum absolute atomic E-state index is 5.40. The molecule has 142 valence electrons. The quantitative estimate of drug-likeness (QED) is 0.214. The number of benzene rings is 2. The summed E-state index contributed by atoms with van der Waals surface area (Å²) in [4.78, 5) is 10.8. The molecule has 2 aromatic rings. The van der Waals surface area contributed by atoms with Gasteiger partial charge in [0.25, 0.3) is 0 Å². The molecule has 0 atom stereocenters. The molecule has 0 aromatic heterocycles. The Morgan fingerprint density at radius 3 is 2.23 bits per heavy atom. The number of hydrogen-bond donors (Lipinski definition) is 0. The minimum Gasteiger partial charge on any atom is -0.236 e. The van der Waals surface area contributed by atoms with Gasteiger partial charge in [0.1, 0.15) is 6.61 Å². The van der Waals surface area contributed by atoms with Crippen molar-refractivity contribution in [3.63, 3.8) is 0 Å². The standard InChI is InChI=1S/C24H34O2/c1-3-4-5-6-7-8-9-12-18-25-26-20-22-15-13-16-23(19-22)24-17-11-10-14-21(24)2/h10-11,13-17,19H,3-9,12,18,20H2,1-2H3. The molecule has 0 bridgehead atoms. The molecule has 0 radical (unpaired) electrons. The smallest absolute Gasteiger partial charge is 0.107 e. The summed E-state index contributed by atoms with van der Waals surface area (Å²) < 4.78 is 0. The Balaban J connectivity index is 1.60. The van der Waals surface area contributed by atoms with Gasteiger partial charge < -0.3 is 0 Å². The van der Waals surface area contributed by atoms with Crippen molar-refractivity contribution < 1.29 is 9.78 Å². The minimum atomic E-state index is 0.497. The van der Waals surface area contributed by atoms with Crippen molar-refractivity contribution in [1.82, 2.24) is 0 Å². The highest BCUT2D eigenvalue weighted by molar-refractivity contribution is 5.67. The van der Waals surface area contributed by atoms with Crippen LogP contribution in [-0.2, 0) is 16.4 Å². The summed E-state index contributed by atoms with van der Waals surface area (Å²) in [7, 11) is 0. The number of rotatable bonds is 13. The predicted molar refractivity (Wildman–Crippen MR) is 110 cm³/mol. The van der Waals surface area contributed by atoms with Crippen molar-refractivity contribution >= 4 is 0 Å². The molecule has 26 heavy (non-hydrogen) atoms. The molecule has 0 fully saturated rings. The minimum absolute atomic E-state index is 0.497. The summed E-state index contributed by atoms with van der Waals surface area (Å²) in [6.07, 6.45) is 10.4. The third-order valence-corrected chi connectivity index (χ3v) is 4.77. The number of unbranched alkanes of at least 4 members (excludes halogenated alkanes) is 7. The zero-order valence-electron chi connectivity index (χ0n) is 16.5.